The van der Waals surface area contributed by atoms with Crippen molar-refractivity contribution in [2.24, 2.45) is 0 Å². The van der Waals surface area contributed by atoms with Crippen LogP contribution in [0, 0.1) is 6.07 Å². The van der Waals surface area contributed by atoms with Crippen molar-refractivity contribution in [1.82, 2.24) is 0 Å². The van der Waals surface area contributed by atoms with Gasteiger partial charge in [0.2, 0.25) is 0 Å². The number of nitrogens with two attached hydrogens (primary N) is 1. The summed E-state index contributed by atoms with van der Waals surface area (Å²) in [5.41, 5.74) is 15.0. The molecule has 0 spiro atoms. The van der Waals surface area contributed by atoms with Gasteiger partial charge in [-0.3, -0.25) is 4.55 Å². The van der Waals surface area contributed by atoms with Gasteiger partial charge in [-0.15, -0.1) is 35.9 Å². The van der Waals surface area contributed by atoms with Gasteiger partial charge in [0.05, 0.1) is 22.9 Å². The summed E-state index contributed by atoms with van der Waals surface area (Å²) in [5, 5.41) is 1.74. The molecule has 8 heteroatoms. The number of hydrogen-bond donors (Lipinski definition) is 2. The summed E-state index contributed by atoms with van der Waals surface area (Å²) in [6.45, 7) is 0. The summed E-state index contributed by atoms with van der Waals surface area (Å²) >= 11 is 0. The molecule has 6 rings (SSSR count). The van der Waals surface area contributed by atoms with E-state index in [1.807, 2.05) is 48.5 Å². The molecule has 0 saturated heterocycles. The molecule has 5 nitrogen and oxygen atoms in total. The van der Waals surface area contributed by atoms with Gasteiger partial charge in [-0.2, -0.15) is 8.42 Å². The van der Waals surface area contributed by atoms with E-state index in [0.717, 1.165) is 28.1 Å². The Bertz CT molecular complexity index is 1580. The second-order valence-corrected chi connectivity index (χ2v) is 17.2. The predicted molar refractivity (Wildman–Crippen MR) is 200 cm³/mol. The third kappa shape index (κ3) is 12.1. The first kappa shape index (κ1) is 38.9. The number of nitrogen functional groups attached to an aromatic ring is 1. The van der Waals surface area contributed by atoms with Gasteiger partial charge in [-0.05, 0) is 75.3 Å². The summed E-state index contributed by atoms with van der Waals surface area (Å²) in [4.78, 5) is 2.28. The third-order valence-corrected chi connectivity index (χ3v) is 12.9. The molecule has 4 aromatic rings. The standard InChI is InChI=1S/C26H36NP.C12H10N.CH4O3S.Pd/c1-27(2)25-19-11-9-17-23(25)24-18-10-12-20-26(24)28(21-13-5-3-6-14-21)22-15-7-4-8-16-22;13-12-9-5-4-8-11(12)10-6-2-1-3-7-10;1-5(2,3)4;/h9-12,17-22H,3-8,13-16H2,1-2H3;1-6,8-9H,13H2;1H3,(H,2,3,4);/q;-1;;+2/p+1. The first-order valence-corrected chi connectivity index (χ1v) is 20.1. The van der Waals surface area contributed by atoms with E-state index < -0.39 is 18.0 Å². The van der Waals surface area contributed by atoms with Crippen molar-refractivity contribution in [3.8, 4) is 22.3 Å². The molecule has 2 fully saturated rings. The largest absolute Gasteiger partial charge is 2.00 e. The van der Waals surface area contributed by atoms with E-state index in [0.29, 0.717) is 6.26 Å². The van der Waals surface area contributed by atoms with Crippen LogP contribution in [0.25, 0.3) is 22.3 Å². The van der Waals surface area contributed by atoms with Gasteiger partial charge in [0.1, 0.15) is 0 Å². The molecule has 3 N–H and O–H groups in total. The van der Waals surface area contributed by atoms with E-state index >= 15 is 0 Å². The average Bonchev–Trinajstić information content (AvgIpc) is 3.06. The van der Waals surface area contributed by atoms with Gasteiger partial charge < -0.3 is 10.6 Å². The fourth-order valence-corrected chi connectivity index (χ4v) is 11.4. The summed E-state index contributed by atoms with van der Waals surface area (Å²) < 4.78 is 25.9. The van der Waals surface area contributed by atoms with E-state index in [9.17, 15) is 8.42 Å². The Hall–Kier alpha value is -2.52. The zero-order chi connectivity index (χ0) is 32.9. The summed E-state index contributed by atoms with van der Waals surface area (Å²) in [5.74, 6) is 0. The van der Waals surface area contributed by atoms with Crippen molar-refractivity contribution < 1.29 is 33.4 Å². The third-order valence-electron chi connectivity index (χ3n) is 8.96. The molecule has 2 aliphatic rings. The molecular formula is C39H51N2O3PPdS+2. The molecule has 254 valence electrons. The van der Waals surface area contributed by atoms with Crippen molar-refractivity contribution in [2.75, 3.05) is 31.0 Å². The Morgan fingerprint density at radius 3 is 1.68 bits per heavy atom. The minimum absolute atomic E-state index is 0. The molecule has 0 atom stereocenters. The molecule has 2 aliphatic carbocycles. The van der Waals surface area contributed by atoms with E-state index in [1.165, 1.54) is 81.0 Å². The van der Waals surface area contributed by atoms with E-state index in [-0.39, 0.29) is 20.4 Å². The SMILES string of the molecule is CN(C)c1ccccc1-c1ccccc1[PH+](C1CCCCC1)C1CCCCC1.CS(=O)(=O)O.Nc1ccccc1-c1[c-]cccc1.[Pd+2]. The van der Waals surface area contributed by atoms with Crippen LogP contribution in [-0.2, 0) is 30.5 Å². The average molecular weight is 765 g/mol. The van der Waals surface area contributed by atoms with E-state index in [4.69, 9.17) is 10.3 Å². The summed E-state index contributed by atoms with van der Waals surface area (Å²) in [7, 11) is 0.125. The summed E-state index contributed by atoms with van der Waals surface area (Å²) in [6.07, 6.45) is 15.4. The fraction of sp³-hybridized carbons (Fsp3) is 0.385. The molecular weight excluding hydrogens is 714 g/mol. The Labute approximate surface area is 298 Å². The van der Waals surface area contributed by atoms with Gasteiger partial charge in [0, 0.05) is 38.8 Å². The van der Waals surface area contributed by atoms with Gasteiger partial charge in [-0.25, -0.2) is 0 Å². The maximum Gasteiger partial charge on any atom is 2.00 e. The van der Waals surface area contributed by atoms with Gasteiger partial charge >= 0.3 is 20.4 Å². The van der Waals surface area contributed by atoms with Gasteiger partial charge in [-0.1, -0.05) is 73.0 Å². The van der Waals surface area contributed by atoms with Crippen molar-refractivity contribution in [3.63, 3.8) is 0 Å². The van der Waals surface area contributed by atoms with Crippen molar-refractivity contribution in [3.05, 3.63) is 103 Å². The Morgan fingerprint density at radius 2 is 1.17 bits per heavy atom. The normalized spacial score (nSPS) is 15.3. The van der Waals surface area contributed by atoms with Crippen LogP contribution in [0.5, 0.6) is 0 Å². The van der Waals surface area contributed by atoms with Crippen LogP contribution in [0.2, 0.25) is 0 Å². The number of rotatable bonds is 6. The molecule has 4 aromatic carbocycles. The molecule has 0 aliphatic heterocycles. The van der Waals surface area contributed by atoms with Crippen LogP contribution in [0.1, 0.15) is 64.2 Å². The number of benzene rings is 4. The molecule has 0 radical (unpaired) electrons. The number of nitrogens with zero attached hydrogens (tertiary/aromatic N) is 1. The van der Waals surface area contributed by atoms with Crippen molar-refractivity contribution >= 4 is 34.7 Å². The Balaban J connectivity index is 0.000000262. The quantitative estimate of drug-likeness (QED) is 0.0673. The second-order valence-electron chi connectivity index (χ2n) is 12.7. The smallest absolute Gasteiger partial charge is 0.406 e. The molecule has 0 bridgehead atoms. The van der Waals surface area contributed by atoms with Crippen molar-refractivity contribution in [2.45, 2.75) is 75.5 Å². The monoisotopic (exact) mass is 764 g/mol. The van der Waals surface area contributed by atoms with Gasteiger partial charge in [0.15, 0.2) is 0 Å². The molecule has 0 heterocycles. The first-order valence-electron chi connectivity index (χ1n) is 16.6. The molecule has 0 unspecified atom stereocenters. The van der Waals surface area contributed by atoms with Crippen LogP contribution in [0.4, 0.5) is 11.4 Å². The number of para-hydroxylation sites is 2. The van der Waals surface area contributed by atoms with Crippen LogP contribution in [-0.4, -0.2) is 44.6 Å². The van der Waals surface area contributed by atoms with Gasteiger partial charge in [0.25, 0.3) is 10.1 Å². The number of anilines is 2. The van der Waals surface area contributed by atoms with Crippen LogP contribution in [0.3, 0.4) is 0 Å². The molecule has 47 heavy (non-hydrogen) atoms. The van der Waals surface area contributed by atoms with Crippen LogP contribution >= 0.6 is 7.92 Å². The van der Waals surface area contributed by atoms with Crippen LogP contribution in [0.15, 0.2) is 97.1 Å². The summed E-state index contributed by atoms with van der Waals surface area (Å²) in [6, 6.07) is 37.3. The first-order chi connectivity index (χ1) is 22.1. The minimum Gasteiger partial charge on any atom is -0.406 e. The molecule has 2 saturated carbocycles. The number of hydrogen-bond acceptors (Lipinski definition) is 4. The maximum absolute atomic E-state index is 9.19. The second kappa shape index (κ2) is 19.5. The van der Waals surface area contributed by atoms with Crippen LogP contribution < -0.4 is 15.9 Å². The zero-order valence-electron chi connectivity index (χ0n) is 28.0. The zero-order valence-corrected chi connectivity index (χ0v) is 31.3. The fourth-order valence-electron chi connectivity index (χ4n) is 6.96. The molecule has 0 aromatic heterocycles. The topological polar surface area (TPSA) is 83.6 Å². The Kier molecular flexibility index (Phi) is 16.1. The minimum atomic E-state index is -3.67. The molecule has 0 amide bonds. The predicted octanol–water partition coefficient (Wildman–Crippen LogP) is 9.16. The maximum atomic E-state index is 9.19. The van der Waals surface area contributed by atoms with E-state index in [2.05, 4.69) is 73.6 Å². The Morgan fingerprint density at radius 1 is 0.702 bits per heavy atom. The van der Waals surface area contributed by atoms with E-state index in [1.54, 1.807) is 5.30 Å². The van der Waals surface area contributed by atoms with Crippen molar-refractivity contribution in [1.29, 1.82) is 0 Å².